The van der Waals surface area contributed by atoms with Crippen molar-refractivity contribution < 1.29 is 27.4 Å². The SMILES string of the molecule is COc1ccc(C(C)C)c(N2C(=NC(=O)N/C=C(\C#N)c3ccc(-c4ncn(-c5ccc(OC(F)(F)F)cc5)n4)cc3)SCCC2C)c1. The number of methoxy groups -OCH3 is 1. The number of thioether (sulfide) groups is 1. The lowest BCUT2D eigenvalue weighted by Crippen LogP contribution is -2.42. The van der Waals surface area contributed by atoms with Gasteiger partial charge in [-0.15, -0.1) is 18.3 Å². The number of anilines is 1. The first-order chi connectivity index (χ1) is 23.0. The second-order valence-corrected chi connectivity index (χ2v) is 12.1. The Labute approximate surface area is 279 Å². The van der Waals surface area contributed by atoms with Crippen LogP contribution in [0.3, 0.4) is 0 Å². The quantitative estimate of drug-likeness (QED) is 0.187. The number of carbonyl (C=O) groups is 1. The van der Waals surface area contributed by atoms with Crippen LogP contribution in [0.2, 0.25) is 0 Å². The average molecular weight is 676 g/mol. The molecule has 2 heterocycles. The summed E-state index contributed by atoms with van der Waals surface area (Å²) >= 11 is 1.50. The number of hydrogen-bond acceptors (Lipinski definition) is 7. The Bertz CT molecular complexity index is 1860. The van der Waals surface area contributed by atoms with E-state index in [-0.39, 0.29) is 23.3 Å². The number of nitriles is 1. The van der Waals surface area contributed by atoms with E-state index in [1.807, 2.05) is 18.2 Å². The number of alkyl halides is 3. The van der Waals surface area contributed by atoms with Gasteiger partial charge in [0.2, 0.25) is 0 Å². The molecular weight excluding hydrogens is 643 g/mol. The third-order valence-electron chi connectivity index (χ3n) is 7.47. The van der Waals surface area contributed by atoms with E-state index in [1.165, 1.54) is 53.2 Å². The molecule has 0 bridgehead atoms. The summed E-state index contributed by atoms with van der Waals surface area (Å²) in [5, 5.41) is 17.4. The van der Waals surface area contributed by atoms with Crippen molar-refractivity contribution in [1.29, 1.82) is 5.26 Å². The van der Waals surface area contributed by atoms with E-state index in [4.69, 9.17) is 4.74 Å². The van der Waals surface area contributed by atoms with Crippen molar-refractivity contribution in [2.45, 2.75) is 45.5 Å². The first-order valence-electron chi connectivity index (χ1n) is 14.9. The van der Waals surface area contributed by atoms with E-state index in [9.17, 15) is 23.2 Å². The van der Waals surface area contributed by atoms with Crippen LogP contribution in [0.1, 0.15) is 44.2 Å². The summed E-state index contributed by atoms with van der Waals surface area (Å²) in [5.74, 6) is 1.79. The summed E-state index contributed by atoms with van der Waals surface area (Å²) in [4.78, 5) is 23.8. The molecule has 1 unspecified atom stereocenters. The van der Waals surface area contributed by atoms with Crippen molar-refractivity contribution in [3.05, 3.63) is 90.4 Å². The predicted octanol–water partition coefficient (Wildman–Crippen LogP) is 7.93. The van der Waals surface area contributed by atoms with Crippen molar-refractivity contribution >= 4 is 34.2 Å². The average Bonchev–Trinajstić information content (AvgIpc) is 3.55. The van der Waals surface area contributed by atoms with Gasteiger partial charge < -0.3 is 19.7 Å². The molecule has 1 fully saturated rings. The largest absolute Gasteiger partial charge is 0.573 e. The highest BCUT2D eigenvalue weighted by molar-refractivity contribution is 8.14. The van der Waals surface area contributed by atoms with Crippen LogP contribution in [0.25, 0.3) is 22.6 Å². The fourth-order valence-electron chi connectivity index (χ4n) is 5.03. The lowest BCUT2D eigenvalue weighted by molar-refractivity contribution is -0.274. The van der Waals surface area contributed by atoms with Crippen LogP contribution < -0.4 is 19.7 Å². The number of hydrogen-bond donors (Lipinski definition) is 1. The normalized spacial score (nSPS) is 16.1. The second kappa shape index (κ2) is 14.6. The molecule has 248 valence electrons. The first-order valence-corrected chi connectivity index (χ1v) is 15.9. The van der Waals surface area contributed by atoms with Gasteiger partial charge in [0.25, 0.3) is 0 Å². The van der Waals surface area contributed by atoms with Crippen LogP contribution in [0.5, 0.6) is 11.5 Å². The molecule has 0 saturated carbocycles. The standard InChI is InChI=1S/C34H32F3N7O3S/c1-21(2)29-14-13-28(46-4)17-30(29)44-22(3)15-16-48-33(44)41-32(45)39-19-25(18-38)23-5-7-24(8-6-23)31-40-20-43(42-31)26-9-11-27(12-10-26)47-34(35,36)37/h5-14,17,19-22H,15-16H2,1-4H3,(H,39,45)/b25-19+,41-33?. The van der Waals surface area contributed by atoms with Gasteiger partial charge in [0.15, 0.2) is 11.0 Å². The molecule has 1 atom stereocenters. The molecular formula is C34H32F3N7O3S. The number of aliphatic imine (C=N–C) groups is 1. The van der Waals surface area contributed by atoms with E-state index >= 15 is 0 Å². The van der Waals surface area contributed by atoms with Crippen molar-refractivity contribution in [3.8, 4) is 34.6 Å². The molecule has 14 heteroatoms. The maximum atomic E-state index is 13.0. The number of aromatic nitrogens is 3. The number of benzene rings is 3. The van der Waals surface area contributed by atoms with Gasteiger partial charge >= 0.3 is 12.4 Å². The summed E-state index contributed by atoms with van der Waals surface area (Å²) in [6.07, 6.45) is -1.10. The Morgan fingerprint density at radius 3 is 2.48 bits per heavy atom. The zero-order valence-electron chi connectivity index (χ0n) is 26.5. The molecule has 1 N–H and O–H groups in total. The number of amides is 2. The number of halogens is 3. The highest BCUT2D eigenvalue weighted by Crippen LogP contribution is 2.37. The molecule has 1 saturated heterocycles. The summed E-state index contributed by atoms with van der Waals surface area (Å²) in [6.45, 7) is 6.33. The molecule has 3 aromatic carbocycles. The molecule has 0 aliphatic carbocycles. The lowest BCUT2D eigenvalue weighted by Gasteiger charge is -2.37. The molecule has 0 radical (unpaired) electrons. The van der Waals surface area contributed by atoms with Crippen LogP contribution in [-0.2, 0) is 0 Å². The maximum absolute atomic E-state index is 13.0. The number of ether oxygens (including phenoxy) is 2. The topological polar surface area (TPSA) is 118 Å². The Morgan fingerprint density at radius 1 is 1.12 bits per heavy atom. The van der Waals surface area contributed by atoms with Crippen molar-refractivity contribution in [3.63, 3.8) is 0 Å². The Hall–Kier alpha value is -5.29. The monoisotopic (exact) mass is 675 g/mol. The Kier molecular flexibility index (Phi) is 10.4. The summed E-state index contributed by atoms with van der Waals surface area (Å²) in [6, 6.07) is 19.6. The van der Waals surface area contributed by atoms with Crippen LogP contribution >= 0.6 is 11.8 Å². The number of nitrogens with zero attached hydrogens (tertiary/aromatic N) is 6. The molecule has 48 heavy (non-hydrogen) atoms. The Morgan fingerprint density at radius 2 is 1.83 bits per heavy atom. The van der Waals surface area contributed by atoms with Crippen molar-refractivity contribution in [2.75, 3.05) is 17.8 Å². The molecule has 10 nitrogen and oxygen atoms in total. The van der Waals surface area contributed by atoms with Gasteiger partial charge in [-0.1, -0.05) is 55.9 Å². The molecule has 1 aromatic heterocycles. The summed E-state index contributed by atoms with van der Waals surface area (Å²) in [5.41, 5.74) is 3.95. The smallest absolute Gasteiger partial charge is 0.497 e. The maximum Gasteiger partial charge on any atom is 0.573 e. The van der Waals surface area contributed by atoms with Gasteiger partial charge in [-0.05, 0) is 60.7 Å². The van der Waals surface area contributed by atoms with E-state index in [0.717, 1.165) is 23.4 Å². The zero-order valence-corrected chi connectivity index (χ0v) is 27.3. The second-order valence-electron chi connectivity index (χ2n) is 11.1. The number of carbonyl (C=O) groups excluding carboxylic acids is 1. The van der Waals surface area contributed by atoms with E-state index < -0.39 is 12.4 Å². The molecule has 1 aliphatic heterocycles. The number of rotatable bonds is 8. The Balaban J connectivity index is 1.29. The van der Waals surface area contributed by atoms with Crippen LogP contribution in [-0.4, -0.2) is 51.2 Å². The van der Waals surface area contributed by atoms with Gasteiger partial charge in [0, 0.05) is 29.6 Å². The predicted molar refractivity (Wildman–Crippen MR) is 179 cm³/mol. The van der Waals surface area contributed by atoms with E-state index in [0.29, 0.717) is 33.6 Å². The van der Waals surface area contributed by atoms with Gasteiger partial charge in [0.05, 0.1) is 24.1 Å². The zero-order chi connectivity index (χ0) is 34.4. The molecule has 5 rings (SSSR count). The number of urea groups is 1. The minimum atomic E-state index is -4.78. The van der Waals surface area contributed by atoms with Gasteiger partial charge in [-0.2, -0.15) is 10.3 Å². The van der Waals surface area contributed by atoms with Gasteiger partial charge in [-0.25, -0.2) is 14.5 Å². The lowest BCUT2D eigenvalue weighted by atomic mass is 9.99. The summed E-state index contributed by atoms with van der Waals surface area (Å²) < 4.78 is 48.2. The van der Waals surface area contributed by atoms with Crippen LogP contribution in [0.15, 0.2) is 84.2 Å². The number of allylic oxidation sites excluding steroid dienone is 1. The molecule has 1 aliphatic rings. The summed E-state index contributed by atoms with van der Waals surface area (Å²) in [7, 11) is 1.62. The van der Waals surface area contributed by atoms with E-state index in [2.05, 4.69) is 56.9 Å². The molecule has 4 aromatic rings. The van der Waals surface area contributed by atoms with Crippen molar-refractivity contribution in [2.24, 2.45) is 4.99 Å². The minimum Gasteiger partial charge on any atom is -0.497 e. The fourth-order valence-corrected chi connectivity index (χ4v) is 6.24. The van der Waals surface area contributed by atoms with Crippen LogP contribution in [0.4, 0.5) is 23.7 Å². The van der Waals surface area contributed by atoms with Crippen LogP contribution in [0, 0.1) is 11.3 Å². The molecule has 2 amide bonds. The highest BCUT2D eigenvalue weighted by Gasteiger charge is 2.31. The fraction of sp³-hybridized carbons (Fsp3) is 0.265. The van der Waals surface area contributed by atoms with Gasteiger partial charge in [-0.3, -0.25) is 0 Å². The number of nitrogens with one attached hydrogen (secondary N) is 1. The minimum absolute atomic E-state index is 0.102. The van der Waals surface area contributed by atoms with E-state index in [1.54, 1.807) is 31.4 Å². The highest BCUT2D eigenvalue weighted by atomic mass is 32.2. The van der Waals surface area contributed by atoms with Gasteiger partial charge in [0.1, 0.15) is 23.9 Å². The number of amidine groups is 1. The van der Waals surface area contributed by atoms with Crippen molar-refractivity contribution in [1.82, 2.24) is 20.1 Å². The third kappa shape index (κ3) is 8.16. The first kappa shape index (κ1) is 34.1. The third-order valence-corrected chi connectivity index (χ3v) is 8.46. The molecule has 0 spiro atoms.